The van der Waals surface area contributed by atoms with Gasteiger partial charge in [-0.1, -0.05) is 65.0 Å². The molecule has 4 aromatic rings. The van der Waals surface area contributed by atoms with Crippen LogP contribution in [0.1, 0.15) is 68.5 Å². The fourth-order valence-corrected chi connectivity index (χ4v) is 5.13. The molecule has 3 heterocycles. The number of rotatable bonds is 5. The van der Waals surface area contributed by atoms with E-state index in [1.165, 1.54) is 27.9 Å². The maximum atomic E-state index is 5.15. The highest BCUT2D eigenvalue weighted by molar-refractivity contribution is 5.75. The summed E-state index contributed by atoms with van der Waals surface area (Å²) in [5.74, 6) is 1.35. The maximum absolute atomic E-state index is 5.15. The summed E-state index contributed by atoms with van der Waals surface area (Å²) < 4.78 is 2.05. The number of aryl methyl sites for hydroxylation is 2. The Hall–Kier alpha value is -3.41. The van der Waals surface area contributed by atoms with E-state index in [4.69, 9.17) is 9.97 Å². The Morgan fingerprint density at radius 3 is 2.22 bits per heavy atom. The summed E-state index contributed by atoms with van der Waals surface area (Å²) in [5.41, 5.74) is 9.58. The number of nitrogens with zero attached hydrogens (tertiary/aromatic N) is 6. The van der Waals surface area contributed by atoms with Gasteiger partial charge >= 0.3 is 0 Å². The third kappa shape index (κ3) is 5.20. The van der Waals surface area contributed by atoms with Gasteiger partial charge in [-0.05, 0) is 52.6 Å². The minimum absolute atomic E-state index is 0.107. The first-order valence-electron chi connectivity index (χ1n) is 13.5. The SMILES string of the molecule is Cc1ccc(C(C)(C)C)cc1Cc1nc(N2CCN(c3ccc(C(C)C)cc3)CC2)nc2ncn(C)c12. The number of piperazine rings is 1. The van der Waals surface area contributed by atoms with Crippen LogP contribution in [0, 0.1) is 6.92 Å². The van der Waals surface area contributed by atoms with E-state index in [-0.39, 0.29) is 5.41 Å². The summed E-state index contributed by atoms with van der Waals surface area (Å²) in [6.45, 7) is 17.2. The molecule has 6 heteroatoms. The number of fused-ring (bicyclic) bond motifs is 1. The first kappa shape index (κ1) is 25.2. The minimum atomic E-state index is 0.107. The smallest absolute Gasteiger partial charge is 0.227 e. The number of benzene rings is 2. The summed E-state index contributed by atoms with van der Waals surface area (Å²) in [7, 11) is 2.03. The van der Waals surface area contributed by atoms with Crippen molar-refractivity contribution in [2.45, 2.75) is 59.3 Å². The zero-order valence-electron chi connectivity index (χ0n) is 23.4. The molecule has 2 aromatic carbocycles. The van der Waals surface area contributed by atoms with Crippen molar-refractivity contribution >= 4 is 22.8 Å². The molecule has 0 spiro atoms. The van der Waals surface area contributed by atoms with Crippen molar-refractivity contribution in [3.63, 3.8) is 0 Å². The zero-order chi connectivity index (χ0) is 26.3. The lowest BCUT2D eigenvalue weighted by molar-refractivity contribution is 0.589. The number of anilines is 2. The van der Waals surface area contributed by atoms with Crippen LogP contribution in [-0.4, -0.2) is 45.7 Å². The van der Waals surface area contributed by atoms with Crippen LogP contribution in [0.4, 0.5) is 11.6 Å². The quantitative estimate of drug-likeness (QED) is 0.339. The van der Waals surface area contributed by atoms with Crippen molar-refractivity contribution in [1.29, 1.82) is 0 Å². The van der Waals surface area contributed by atoms with E-state index in [2.05, 4.69) is 103 Å². The summed E-state index contributed by atoms with van der Waals surface area (Å²) in [6, 6.07) is 15.9. The zero-order valence-corrected chi connectivity index (χ0v) is 23.4. The van der Waals surface area contributed by atoms with Crippen LogP contribution in [0.2, 0.25) is 0 Å². The Balaban J connectivity index is 1.40. The highest BCUT2D eigenvalue weighted by Gasteiger charge is 2.23. The number of hydrogen-bond donors (Lipinski definition) is 0. The highest BCUT2D eigenvalue weighted by atomic mass is 15.3. The summed E-state index contributed by atoms with van der Waals surface area (Å²) >= 11 is 0. The minimum Gasteiger partial charge on any atom is -0.368 e. The molecule has 0 unspecified atom stereocenters. The maximum Gasteiger partial charge on any atom is 0.227 e. The molecule has 37 heavy (non-hydrogen) atoms. The molecule has 1 aliphatic rings. The van der Waals surface area contributed by atoms with Crippen LogP contribution >= 0.6 is 0 Å². The predicted octanol–water partition coefficient (Wildman–Crippen LogP) is 6.01. The number of hydrogen-bond acceptors (Lipinski definition) is 5. The van der Waals surface area contributed by atoms with E-state index in [1.807, 2.05) is 13.4 Å². The van der Waals surface area contributed by atoms with Gasteiger partial charge in [-0.2, -0.15) is 4.98 Å². The van der Waals surface area contributed by atoms with Gasteiger partial charge in [-0.15, -0.1) is 0 Å². The van der Waals surface area contributed by atoms with Gasteiger partial charge in [0.05, 0.1) is 12.0 Å². The molecule has 0 N–H and O–H groups in total. The van der Waals surface area contributed by atoms with Gasteiger partial charge in [-0.25, -0.2) is 9.97 Å². The highest BCUT2D eigenvalue weighted by Crippen LogP contribution is 2.28. The lowest BCUT2D eigenvalue weighted by atomic mass is 9.84. The standard InChI is InChI=1S/C31H40N6/c1-21(2)23-9-12-26(13-10-23)36-14-16-37(17-15-36)30-33-27(28-29(34-30)32-20-35(28)7)19-24-18-25(31(4,5)6)11-8-22(24)3/h8-13,18,20-21H,14-17,19H2,1-7H3. The Morgan fingerprint density at radius 2 is 1.57 bits per heavy atom. The average molecular weight is 497 g/mol. The third-order valence-electron chi connectivity index (χ3n) is 7.69. The monoisotopic (exact) mass is 496 g/mol. The van der Waals surface area contributed by atoms with Crippen LogP contribution in [0.25, 0.3) is 11.2 Å². The van der Waals surface area contributed by atoms with Crippen LogP contribution in [-0.2, 0) is 18.9 Å². The Bertz CT molecular complexity index is 1390. The van der Waals surface area contributed by atoms with E-state index in [0.29, 0.717) is 5.92 Å². The molecule has 2 aromatic heterocycles. The van der Waals surface area contributed by atoms with E-state index in [0.717, 1.165) is 55.4 Å². The van der Waals surface area contributed by atoms with Crippen LogP contribution < -0.4 is 9.80 Å². The molecule has 0 saturated carbocycles. The van der Waals surface area contributed by atoms with Crippen LogP contribution in [0.5, 0.6) is 0 Å². The van der Waals surface area contributed by atoms with Gasteiger partial charge in [0.15, 0.2) is 5.65 Å². The molecular formula is C31H40N6. The van der Waals surface area contributed by atoms with E-state index in [9.17, 15) is 0 Å². The molecule has 0 aliphatic carbocycles. The average Bonchev–Trinajstić information content (AvgIpc) is 3.25. The van der Waals surface area contributed by atoms with Crippen molar-refractivity contribution in [1.82, 2.24) is 19.5 Å². The lowest BCUT2D eigenvalue weighted by Gasteiger charge is -2.36. The Kier molecular flexibility index (Phi) is 6.69. The molecule has 1 aliphatic heterocycles. The van der Waals surface area contributed by atoms with Crippen molar-refractivity contribution in [2.75, 3.05) is 36.0 Å². The Morgan fingerprint density at radius 1 is 0.892 bits per heavy atom. The molecule has 0 bridgehead atoms. The first-order chi connectivity index (χ1) is 17.6. The van der Waals surface area contributed by atoms with Crippen LogP contribution in [0.3, 0.4) is 0 Å². The molecule has 5 rings (SSSR count). The summed E-state index contributed by atoms with van der Waals surface area (Å²) in [6.07, 6.45) is 2.62. The molecule has 0 atom stereocenters. The first-order valence-corrected chi connectivity index (χ1v) is 13.5. The second-order valence-corrected chi connectivity index (χ2v) is 11.8. The van der Waals surface area contributed by atoms with Crippen molar-refractivity contribution in [3.8, 4) is 0 Å². The number of aromatic nitrogens is 4. The third-order valence-corrected chi connectivity index (χ3v) is 7.69. The molecule has 1 fully saturated rings. The predicted molar refractivity (Wildman–Crippen MR) is 154 cm³/mol. The van der Waals surface area contributed by atoms with Gasteiger partial charge in [0, 0.05) is 45.3 Å². The second-order valence-electron chi connectivity index (χ2n) is 11.8. The Labute approximate surface area is 221 Å². The van der Waals surface area contributed by atoms with Gasteiger partial charge in [0.1, 0.15) is 5.52 Å². The van der Waals surface area contributed by atoms with Crippen molar-refractivity contribution in [3.05, 3.63) is 76.7 Å². The molecule has 0 radical (unpaired) electrons. The van der Waals surface area contributed by atoms with Gasteiger partial charge < -0.3 is 14.4 Å². The van der Waals surface area contributed by atoms with E-state index in [1.54, 1.807) is 0 Å². The summed E-state index contributed by atoms with van der Waals surface area (Å²) in [4.78, 5) is 19.4. The largest absolute Gasteiger partial charge is 0.368 e. The molecule has 0 amide bonds. The second kappa shape index (κ2) is 9.81. The van der Waals surface area contributed by atoms with E-state index >= 15 is 0 Å². The molecule has 194 valence electrons. The number of imidazole rings is 1. The van der Waals surface area contributed by atoms with Crippen LogP contribution in [0.15, 0.2) is 48.8 Å². The lowest BCUT2D eigenvalue weighted by Crippen LogP contribution is -2.47. The normalized spacial score (nSPS) is 14.7. The fraction of sp³-hybridized carbons (Fsp3) is 0.452. The molecule has 6 nitrogen and oxygen atoms in total. The van der Waals surface area contributed by atoms with Crippen molar-refractivity contribution in [2.24, 2.45) is 7.05 Å². The van der Waals surface area contributed by atoms with E-state index < -0.39 is 0 Å². The van der Waals surface area contributed by atoms with Gasteiger partial charge in [0.25, 0.3) is 0 Å². The molecular weight excluding hydrogens is 456 g/mol. The fourth-order valence-electron chi connectivity index (χ4n) is 5.13. The van der Waals surface area contributed by atoms with Gasteiger partial charge in [-0.3, -0.25) is 0 Å². The van der Waals surface area contributed by atoms with Crippen molar-refractivity contribution < 1.29 is 0 Å². The topological polar surface area (TPSA) is 50.1 Å². The van der Waals surface area contributed by atoms with Gasteiger partial charge in [0.2, 0.25) is 5.95 Å². The summed E-state index contributed by atoms with van der Waals surface area (Å²) in [5, 5.41) is 0. The molecule has 1 saturated heterocycles.